The molecule has 1 atom stereocenters. The van der Waals surface area contributed by atoms with E-state index in [4.69, 9.17) is 27.9 Å². The fraction of sp³-hybridized carbons (Fsp3) is 0.167. The second-order valence-electron chi connectivity index (χ2n) is 7.44. The Morgan fingerprint density at radius 2 is 1.62 bits per heavy atom. The van der Waals surface area contributed by atoms with Gasteiger partial charge in [0.1, 0.15) is 5.75 Å². The standard InChI is InChI=1S/C24H22Cl2N4O3S/c1-2-30-23(27-28-24(30)33-18-11-7-4-8-12-18)22(15-17-9-5-3-6-10-17)29-34(31,32)19-13-14-20(25)21(26)16-19/h3-14,16,22,29H,2,15H2,1H3/t22-/m1/s1. The van der Waals surface area contributed by atoms with E-state index in [-0.39, 0.29) is 21.0 Å². The quantitative estimate of drug-likeness (QED) is 0.310. The van der Waals surface area contributed by atoms with E-state index in [0.29, 0.717) is 24.5 Å². The molecule has 1 N–H and O–H groups in total. The summed E-state index contributed by atoms with van der Waals surface area (Å²) in [6.07, 6.45) is 0.352. The van der Waals surface area contributed by atoms with Crippen LogP contribution >= 0.6 is 23.2 Å². The van der Waals surface area contributed by atoms with Gasteiger partial charge in [-0.05, 0) is 49.2 Å². The van der Waals surface area contributed by atoms with E-state index >= 15 is 0 Å². The Morgan fingerprint density at radius 3 is 2.26 bits per heavy atom. The van der Waals surface area contributed by atoms with Crippen molar-refractivity contribution >= 4 is 33.2 Å². The van der Waals surface area contributed by atoms with Gasteiger partial charge in [0.05, 0.1) is 21.0 Å². The zero-order chi connectivity index (χ0) is 24.1. The summed E-state index contributed by atoms with van der Waals surface area (Å²) in [6.45, 7) is 2.39. The van der Waals surface area contributed by atoms with E-state index in [1.54, 1.807) is 4.57 Å². The first-order valence-electron chi connectivity index (χ1n) is 10.5. The number of sulfonamides is 1. The van der Waals surface area contributed by atoms with E-state index in [1.807, 2.05) is 67.6 Å². The maximum Gasteiger partial charge on any atom is 0.322 e. The maximum atomic E-state index is 13.3. The van der Waals surface area contributed by atoms with Gasteiger partial charge in [0.15, 0.2) is 5.82 Å². The van der Waals surface area contributed by atoms with Crippen molar-refractivity contribution in [1.82, 2.24) is 19.5 Å². The van der Waals surface area contributed by atoms with Crippen LogP contribution in [0.4, 0.5) is 0 Å². The van der Waals surface area contributed by atoms with Crippen molar-refractivity contribution in [2.45, 2.75) is 30.8 Å². The molecular formula is C24H22Cl2N4O3S. The minimum Gasteiger partial charge on any atom is -0.424 e. The van der Waals surface area contributed by atoms with Gasteiger partial charge < -0.3 is 4.74 Å². The van der Waals surface area contributed by atoms with Gasteiger partial charge in [0.25, 0.3) is 0 Å². The van der Waals surface area contributed by atoms with Crippen LogP contribution in [-0.4, -0.2) is 23.2 Å². The lowest BCUT2D eigenvalue weighted by Crippen LogP contribution is -2.32. The van der Waals surface area contributed by atoms with Gasteiger partial charge in [-0.25, -0.2) is 13.1 Å². The molecule has 0 spiro atoms. The molecule has 3 aromatic carbocycles. The molecule has 0 fully saturated rings. The van der Waals surface area contributed by atoms with Crippen molar-refractivity contribution in [1.29, 1.82) is 0 Å². The summed E-state index contributed by atoms with van der Waals surface area (Å²) < 4.78 is 36.9. The van der Waals surface area contributed by atoms with Crippen molar-refractivity contribution < 1.29 is 13.2 Å². The number of benzene rings is 3. The van der Waals surface area contributed by atoms with Gasteiger partial charge in [0.2, 0.25) is 10.0 Å². The van der Waals surface area contributed by atoms with Gasteiger partial charge in [-0.15, -0.1) is 5.10 Å². The lowest BCUT2D eigenvalue weighted by atomic mass is 10.1. The van der Waals surface area contributed by atoms with Crippen LogP contribution in [0.2, 0.25) is 10.0 Å². The van der Waals surface area contributed by atoms with Crippen molar-refractivity contribution in [2.75, 3.05) is 0 Å². The van der Waals surface area contributed by atoms with E-state index < -0.39 is 16.1 Å². The molecule has 0 radical (unpaired) electrons. The minimum atomic E-state index is -3.96. The first-order chi connectivity index (χ1) is 16.4. The van der Waals surface area contributed by atoms with Crippen LogP contribution in [0.1, 0.15) is 24.4 Å². The number of ether oxygens (including phenoxy) is 1. The average Bonchev–Trinajstić information content (AvgIpc) is 3.24. The summed E-state index contributed by atoms with van der Waals surface area (Å²) in [4.78, 5) is 0.00304. The third-order valence-electron chi connectivity index (χ3n) is 5.11. The van der Waals surface area contributed by atoms with Gasteiger partial charge in [-0.2, -0.15) is 0 Å². The molecule has 10 heteroatoms. The van der Waals surface area contributed by atoms with Crippen LogP contribution in [-0.2, 0) is 23.0 Å². The molecule has 0 aliphatic heterocycles. The van der Waals surface area contributed by atoms with Gasteiger partial charge in [-0.3, -0.25) is 4.57 Å². The number of para-hydroxylation sites is 1. The van der Waals surface area contributed by atoms with Crippen molar-refractivity contribution in [2.24, 2.45) is 0 Å². The molecule has 7 nitrogen and oxygen atoms in total. The lowest BCUT2D eigenvalue weighted by Gasteiger charge is -2.19. The molecule has 1 heterocycles. The third-order valence-corrected chi connectivity index (χ3v) is 7.32. The Morgan fingerprint density at radius 1 is 0.941 bits per heavy atom. The molecule has 34 heavy (non-hydrogen) atoms. The van der Waals surface area contributed by atoms with E-state index in [1.165, 1.54) is 18.2 Å². The van der Waals surface area contributed by atoms with Crippen LogP contribution in [0.25, 0.3) is 0 Å². The number of nitrogens with one attached hydrogen (secondary N) is 1. The van der Waals surface area contributed by atoms with Crippen molar-refractivity contribution in [3.63, 3.8) is 0 Å². The number of hydrogen-bond donors (Lipinski definition) is 1. The molecule has 0 bridgehead atoms. The zero-order valence-corrected chi connectivity index (χ0v) is 20.6. The van der Waals surface area contributed by atoms with E-state index in [9.17, 15) is 8.42 Å². The molecule has 4 rings (SSSR count). The number of hydrogen-bond acceptors (Lipinski definition) is 5. The Bertz CT molecular complexity index is 1360. The van der Waals surface area contributed by atoms with Gasteiger partial charge >= 0.3 is 6.01 Å². The topological polar surface area (TPSA) is 86.1 Å². The monoisotopic (exact) mass is 516 g/mol. The Hall–Kier alpha value is -2.91. The highest BCUT2D eigenvalue weighted by Crippen LogP contribution is 2.28. The lowest BCUT2D eigenvalue weighted by molar-refractivity contribution is 0.406. The summed E-state index contributed by atoms with van der Waals surface area (Å²) in [5.74, 6) is 1.04. The summed E-state index contributed by atoms with van der Waals surface area (Å²) in [5.41, 5.74) is 0.931. The molecule has 0 amide bonds. The molecule has 4 aromatic rings. The SMILES string of the molecule is CCn1c(Oc2ccccc2)nnc1[C@@H](Cc1ccccc1)NS(=O)(=O)c1ccc(Cl)c(Cl)c1. The van der Waals surface area contributed by atoms with Crippen molar-refractivity contribution in [3.8, 4) is 11.8 Å². The van der Waals surface area contributed by atoms with Gasteiger partial charge in [0, 0.05) is 6.54 Å². The maximum absolute atomic E-state index is 13.3. The summed E-state index contributed by atoms with van der Waals surface area (Å²) in [5, 5.41) is 8.92. The molecular weight excluding hydrogens is 495 g/mol. The first kappa shape index (κ1) is 24.2. The molecule has 0 unspecified atom stereocenters. The largest absolute Gasteiger partial charge is 0.424 e. The zero-order valence-electron chi connectivity index (χ0n) is 18.2. The highest BCUT2D eigenvalue weighted by Gasteiger charge is 2.28. The Kier molecular flexibility index (Phi) is 7.53. The fourth-order valence-corrected chi connectivity index (χ4v) is 5.04. The van der Waals surface area contributed by atoms with Crippen LogP contribution in [0.5, 0.6) is 11.8 Å². The highest BCUT2D eigenvalue weighted by molar-refractivity contribution is 7.89. The predicted octanol–water partition coefficient (Wildman–Crippen LogP) is 5.66. The second-order valence-corrected chi connectivity index (χ2v) is 9.97. The number of aromatic nitrogens is 3. The minimum absolute atomic E-state index is 0.00304. The van der Waals surface area contributed by atoms with Crippen LogP contribution < -0.4 is 9.46 Å². The first-order valence-corrected chi connectivity index (χ1v) is 12.8. The number of nitrogens with zero attached hydrogens (tertiary/aromatic N) is 3. The molecule has 0 aliphatic rings. The summed E-state index contributed by atoms with van der Waals surface area (Å²) in [7, 11) is -3.96. The normalized spacial score (nSPS) is 12.4. The fourth-order valence-electron chi connectivity index (χ4n) is 3.46. The molecule has 176 valence electrons. The van der Waals surface area contributed by atoms with E-state index in [0.717, 1.165) is 5.56 Å². The molecule has 1 aromatic heterocycles. The third kappa shape index (κ3) is 5.59. The average molecular weight is 517 g/mol. The second kappa shape index (κ2) is 10.6. The van der Waals surface area contributed by atoms with E-state index in [2.05, 4.69) is 14.9 Å². The molecule has 0 saturated carbocycles. The molecule has 0 saturated heterocycles. The van der Waals surface area contributed by atoms with Crippen molar-refractivity contribution in [3.05, 3.63) is 100 Å². The van der Waals surface area contributed by atoms with Crippen LogP contribution in [0.3, 0.4) is 0 Å². The van der Waals surface area contributed by atoms with Crippen LogP contribution in [0, 0.1) is 0 Å². The Balaban J connectivity index is 1.71. The predicted molar refractivity (Wildman–Crippen MR) is 132 cm³/mol. The number of halogens is 2. The molecule has 0 aliphatic carbocycles. The highest BCUT2D eigenvalue weighted by atomic mass is 35.5. The van der Waals surface area contributed by atoms with Crippen LogP contribution in [0.15, 0.2) is 83.8 Å². The Labute approximate surface area is 208 Å². The number of rotatable bonds is 9. The summed E-state index contributed by atoms with van der Waals surface area (Å²) >= 11 is 12.0. The summed E-state index contributed by atoms with van der Waals surface area (Å²) in [6, 6.07) is 22.5. The van der Waals surface area contributed by atoms with Gasteiger partial charge in [-0.1, -0.05) is 76.8 Å². The smallest absolute Gasteiger partial charge is 0.322 e.